The minimum atomic E-state index is 0.525. The van der Waals surface area contributed by atoms with E-state index in [1.165, 1.54) is 0 Å². The van der Waals surface area contributed by atoms with Gasteiger partial charge in [-0.05, 0) is 35.0 Å². The highest BCUT2D eigenvalue weighted by atomic mass is 35.5. The van der Waals surface area contributed by atoms with Crippen LogP contribution in [0.2, 0.25) is 5.02 Å². The van der Waals surface area contributed by atoms with Crippen LogP contribution in [0.3, 0.4) is 0 Å². The second-order valence-corrected chi connectivity index (χ2v) is 3.87. The fourth-order valence-corrected chi connectivity index (χ4v) is 1.57. The summed E-state index contributed by atoms with van der Waals surface area (Å²) in [5.74, 6) is 0.823. The van der Waals surface area contributed by atoms with Gasteiger partial charge in [0.05, 0.1) is 16.4 Å². The zero-order chi connectivity index (χ0) is 11.5. The van der Waals surface area contributed by atoms with Gasteiger partial charge in [0.25, 0.3) is 0 Å². The van der Waals surface area contributed by atoms with Crippen molar-refractivity contribution in [2.45, 2.75) is 19.8 Å². The van der Waals surface area contributed by atoms with Crippen LogP contribution in [0.15, 0.2) is 18.2 Å². The summed E-state index contributed by atoms with van der Waals surface area (Å²) >= 11 is 5.86. The highest BCUT2D eigenvalue weighted by Gasteiger charge is 2.08. The molecule has 84 valence electrons. The second-order valence-electron chi connectivity index (χ2n) is 3.46. The molecule has 1 aromatic carbocycles. The number of nitrogens with zero attached hydrogens (tertiary/aromatic N) is 4. The molecule has 6 heteroatoms. The van der Waals surface area contributed by atoms with Crippen molar-refractivity contribution in [2.24, 2.45) is 0 Å². The molecule has 0 amide bonds. The molecule has 0 saturated heterocycles. The fourth-order valence-electron chi connectivity index (χ4n) is 1.45. The van der Waals surface area contributed by atoms with Crippen molar-refractivity contribution in [1.29, 1.82) is 0 Å². The predicted molar refractivity (Wildman–Crippen MR) is 62.6 cm³/mol. The molecule has 5 nitrogen and oxygen atoms in total. The van der Waals surface area contributed by atoms with Gasteiger partial charge in [0.15, 0.2) is 5.82 Å². The van der Waals surface area contributed by atoms with Gasteiger partial charge >= 0.3 is 0 Å². The zero-order valence-corrected chi connectivity index (χ0v) is 9.65. The fraction of sp³-hybridized carbons (Fsp3) is 0.300. The number of benzene rings is 1. The van der Waals surface area contributed by atoms with Crippen molar-refractivity contribution in [1.82, 2.24) is 20.2 Å². The Hall–Kier alpha value is -1.62. The Morgan fingerprint density at radius 1 is 1.44 bits per heavy atom. The topological polar surface area (TPSA) is 69.6 Å². The first-order chi connectivity index (χ1) is 7.72. The molecule has 0 fully saturated rings. The monoisotopic (exact) mass is 237 g/mol. The summed E-state index contributed by atoms with van der Waals surface area (Å²) in [5.41, 5.74) is 7.09. The third kappa shape index (κ3) is 1.99. The third-order valence-electron chi connectivity index (χ3n) is 2.23. The average molecular weight is 238 g/mol. The van der Waals surface area contributed by atoms with Crippen molar-refractivity contribution in [3.8, 4) is 5.69 Å². The van der Waals surface area contributed by atoms with E-state index in [4.69, 9.17) is 17.3 Å². The molecule has 0 aliphatic heterocycles. The predicted octanol–water partition coefficient (Wildman–Crippen LogP) is 1.85. The van der Waals surface area contributed by atoms with E-state index in [-0.39, 0.29) is 0 Å². The molecule has 16 heavy (non-hydrogen) atoms. The number of anilines is 1. The first-order valence-electron chi connectivity index (χ1n) is 5.05. The maximum Gasteiger partial charge on any atom is 0.156 e. The van der Waals surface area contributed by atoms with Gasteiger partial charge in [-0.2, -0.15) is 4.68 Å². The van der Waals surface area contributed by atoms with Gasteiger partial charge in [-0.1, -0.05) is 18.5 Å². The Balaban J connectivity index is 2.42. The standard InChI is InChI=1S/C10H12ClN5/c1-2-3-10-13-14-15-16(10)7-4-5-8(11)9(12)6-7/h4-6H,2-3,12H2,1H3. The molecule has 0 aliphatic rings. The molecular formula is C10H12ClN5. The van der Waals surface area contributed by atoms with E-state index < -0.39 is 0 Å². The Morgan fingerprint density at radius 2 is 2.25 bits per heavy atom. The van der Waals surface area contributed by atoms with E-state index in [1.807, 2.05) is 6.07 Å². The van der Waals surface area contributed by atoms with Gasteiger partial charge in [0.2, 0.25) is 0 Å². The minimum absolute atomic E-state index is 0.525. The van der Waals surface area contributed by atoms with Crippen LogP contribution in [-0.4, -0.2) is 20.2 Å². The highest BCUT2D eigenvalue weighted by molar-refractivity contribution is 6.33. The molecule has 0 aliphatic carbocycles. The number of nitrogens with two attached hydrogens (primary N) is 1. The minimum Gasteiger partial charge on any atom is -0.397 e. The Morgan fingerprint density at radius 3 is 2.94 bits per heavy atom. The summed E-state index contributed by atoms with van der Waals surface area (Å²) in [5, 5.41) is 12.1. The molecular weight excluding hydrogens is 226 g/mol. The number of nitrogen functional groups attached to an aromatic ring is 1. The molecule has 2 rings (SSSR count). The number of hydrogen-bond acceptors (Lipinski definition) is 4. The number of rotatable bonds is 3. The number of halogens is 1. The summed E-state index contributed by atoms with van der Waals surface area (Å²) in [7, 11) is 0. The van der Waals surface area contributed by atoms with Gasteiger partial charge in [-0.25, -0.2) is 0 Å². The van der Waals surface area contributed by atoms with Crippen LogP contribution in [0, 0.1) is 0 Å². The highest BCUT2D eigenvalue weighted by Crippen LogP contribution is 2.21. The van der Waals surface area contributed by atoms with Crippen molar-refractivity contribution in [3.05, 3.63) is 29.0 Å². The van der Waals surface area contributed by atoms with E-state index in [9.17, 15) is 0 Å². The number of tetrazole rings is 1. The van der Waals surface area contributed by atoms with Crippen molar-refractivity contribution in [2.75, 3.05) is 5.73 Å². The maximum atomic E-state index is 5.86. The van der Waals surface area contributed by atoms with Crippen LogP contribution in [0.1, 0.15) is 19.2 Å². The third-order valence-corrected chi connectivity index (χ3v) is 2.58. The molecule has 0 saturated carbocycles. The van der Waals surface area contributed by atoms with Crippen LogP contribution in [0.4, 0.5) is 5.69 Å². The van der Waals surface area contributed by atoms with Crippen molar-refractivity contribution in [3.63, 3.8) is 0 Å². The van der Waals surface area contributed by atoms with E-state index >= 15 is 0 Å². The second kappa shape index (κ2) is 4.49. The summed E-state index contributed by atoms with van der Waals surface area (Å²) in [6.45, 7) is 2.08. The zero-order valence-electron chi connectivity index (χ0n) is 8.89. The molecule has 0 spiro atoms. The number of aryl methyl sites for hydroxylation is 1. The van der Waals surface area contributed by atoms with Crippen molar-refractivity contribution < 1.29 is 0 Å². The first-order valence-corrected chi connectivity index (χ1v) is 5.43. The average Bonchev–Trinajstić information content (AvgIpc) is 2.71. The first kappa shape index (κ1) is 10.9. The molecule has 2 N–H and O–H groups in total. The summed E-state index contributed by atoms with van der Waals surface area (Å²) in [6.07, 6.45) is 1.82. The van der Waals surface area contributed by atoms with Crippen LogP contribution < -0.4 is 5.73 Å². The summed E-state index contributed by atoms with van der Waals surface area (Å²) in [4.78, 5) is 0. The maximum absolute atomic E-state index is 5.86. The largest absolute Gasteiger partial charge is 0.397 e. The van der Waals surface area contributed by atoms with Crippen molar-refractivity contribution >= 4 is 17.3 Å². The van der Waals surface area contributed by atoms with E-state index in [0.29, 0.717) is 10.7 Å². The lowest BCUT2D eigenvalue weighted by Crippen LogP contribution is -2.03. The van der Waals surface area contributed by atoms with Crippen LogP contribution in [0.25, 0.3) is 5.69 Å². The molecule has 0 atom stereocenters. The molecule has 1 heterocycles. The normalized spacial score (nSPS) is 10.6. The van der Waals surface area contributed by atoms with Crippen LogP contribution in [0.5, 0.6) is 0 Å². The molecule has 0 unspecified atom stereocenters. The quantitative estimate of drug-likeness (QED) is 0.828. The Kier molecular flexibility index (Phi) is 3.05. The van der Waals surface area contributed by atoms with E-state index in [0.717, 1.165) is 24.4 Å². The smallest absolute Gasteiger partial charge is 0.156 e. The lowest BCUT2D eigenvalue weighted by atomic mass is 10.2. The van der Waals surface area contributed by atoms with Crippen LogP contribution in [-0.2, 0) is 6.42 Å². The van der Waals surface area contributed by atoms with Gasteiger partial charge in [-0.15, -0.1) is 5.10 Å². The Labute approximate surface area is 98.2 Å². The summed E-state index contributed by atoms with van der Waals surface area (Å²) in [6, 6.07) is 5.34. The van der Waals surface area contributed by atoms with Gasteiger partial charge in [-0.3, -0.25) is 0 Å². The van der Waals surface area contributed by atoms with Gasteiger partial charge in [0, 0.05) is 6.42 Å². The number of hydrogen-bond donors (Lipinski definition) is 1. The molecule has 0 radical (unpaired) electrons. The van der Waals surface area contributed by atoms with Crippen LogP contribution >= 0.6 is 11.6 Å². The van der Waals surface area contributed by atoms with E-state index in [1.54, 1.807) is 16.8 Å². The number of aromatic nitrogens is 4. The lowest BCUT2D eigenvalue weighted by Gasteiger charge is -2.05. The lowest BCUT2D eigenvalue weighted by molar-refractivity contribution is 0.745. The molecule has 1 aromatic heterocycles. The molecule has 2 aromatic rings. The van der Waals surface area contributed by atoms with Gasteiger partial charge in [0.1, 0.15) is 0 Å². The molecule has 0 bridgehead atoms. The van der Waals surface area contributed by atoms with Gasteiger partial charge < -0.3 is 5.73 Å². The summed E-state index contributed by atoms with van der Waals surface area (Å²) < 4.78 is 1.68. The SMILES string of the molecule is CCCc1nnnn1-c1ccc(Cl)c(N)c1. The van der Waals surface area contributed by atoms with E-state index in [2.05, 4.69) is 22.4 Å². The Bertz CT molecular complexity index is 494.